The van der Waals surface area contributed by atoms with Gasteiger partial charge in [-0.25, -0.2) is 9.59 Å². The van der Waals surface area contributed by atoms with Crippen LogP contribution in [0.4, 0.5) is 0 Å². The molecule has 27 heavy (non-hydrogen) atoms. The minimum absolute atomic E-state index is 0.176. The van der Waals surface area contributed by atoms with Gasteiger partial charge in [0.15, 0.2) is 0 Å². The maximum absolute atomic E-state index is 9.60. The number of rotatable bonds is 14. The predicted molar refractivity (Wildman–Crippen MR) is 110 cm³/mol. The van der Waals surface area contributed by atoms with Gasteiger partial charge in [-0.3, -0.25) is 0 Å². The van der Waals surface area contributed by atoms with Crippen LogP contribution in [-0.4, -0.2) is 45.6 Å². The second kappa shape index (κ2) is 24.3. The van der Waals surface area contributed by atoms with Gasteiger partial charge in [-0.15, -0.1) is 0 Å². The molecule has 0 aromatic rings. The van der Waals surface area contributed by atoms with Crippen molar-refractivity contribution in [2.75, 3.05) is 13.2 Å². The molecular formula is C21H40O6. The molecule has 0 aromatic heterocycles. The van der Waals surface area contributed by atoms with Gasteiger partial charge in [-0.1, -0.05) is 70.9 Å². The summed E-state index contributed by atoms with van der Waals surface area (Å²) in [6, 6.07) is 0. The largest absolute Gasteiger partial charge is 0.478 e. The highest BCUT2D eigenvalue weighted by atomic mass is 16.4. The van der Waals surface area contributed by atoms with Crippen LogP contribution in [0, 0.1) is 0 Å². The van der Waals surface area contributed by atoms with E-state index in [9.17, 15) is 9.59 Å². The van der Waals surface area contributed by atoms with E-state index in [1.165, 1.54) is 71.6 Å². The summed E-state index contributed by atoms with van der Waals surface area (Å²) in [5, 5.41) is 33.0. The van der Waals surface area contributed by atoms with E-state index >= 15 is 0 Å². The number of aliphatic hydroxyl groups is 2. The topological polar surface area (TPSA) is 115 Å². The SMILES string of the molecule is C=C(C)C(=O)O.C=C(C)C(=O)O.OCCCCCCCCCCCCCO. The summed E-state index contributed by atoms with van der Waals surface area (Å²) < 4.78 is 0. The van der Waals surface area contributed by atoms with Gasteiger partial charge in [0.1, 0.15) is 0 Å². The monoisotopic (exact) mass is 388 g/mol. The first-order valence-electron chi connectivity index (χ1n) is 9.70. The third-order valence-corrected chi connectivity index (χ3v) is 3.55. The van der Waals surface area contributed by atoms with Crippen LogP contribution in [-0.2, 0) is 9.59 Å². The van der Waals surface area contributed by atoms with Crippen molar-refractivity contribution in [3.63, 3.8) is 0 Å². The van der Waals surface area contributed by atoms with Gasteiger partial charge in [-0.2, -0.15) is 0 Å². The van der Waals surface area contributed by atoms with Crippen molar-refractivity contribution in [1.82, 2.24) is 0 Å². The molecule has 0 radical (unpaired) electrons. The first-order chi connectivity index (χ1) is 12.7. The molecular weight excluding hydrogens is 348 g/mol. The lowest BCUT2D eigenvalue weighted by Crippen LogP contribution is -1.92. The van der Waals surface area contributed by atoms with Crippen LogP contribution in [0.1, 0.15) is 84.5 Å². The summed E-state index contributed by atoms with van der Waals surface area (Å²) in [4.78, 5) is 19.2. The van der Waals surface area contributed by atoms with E-state index in [1.807, 2.05) is 0 Å². The van der Waals surface area contributed by atoms with E-state index in [0.717, 1.165) is 12.8 Å². The number of hydrogen-bond acceptors (Lipinski definition) is 4. The summed E-state index contributed by atoms with van der Waals surface area (Å²) in [6.07, 6.45) is 13.6. The number of aliphatic hydroxyl groups excluding tert-OH is 2. The molecule has 0 bridgehead atoms. The van der Waals surface area contributed by atoms with E-state index in [1.54, 1.807) is 0 Å². The standard InChI is InChI=1S/C13H28O2.2C4H6O2/c14-12-10-8-6-4-2-1-3-5-7-9-11-13-15;2*1-3(2)4(5)6/h14-15H,1-13H2;2*1H2,2H3,(H,5,6). The van der Waals surface area contributed by atoms with E-state index in [2.05, 4.69) is 13.2 Å². The zero-order chi connectivity index (χ0) is 21.5. The van der Waals surface area contributed by atoms with E-state index in [-0.39, 0.29) is 11.1 Å². The number of unbranched alkanes of at least 4 members (excludes halogenated alkanes) is 10. The maximum Gasteiger partial charge on any atom is 0.330 e. The zero-order valence-electron chi connectivity index (χ0n) is 17.2. The molecule has 0 aliphatic carbocycles. The minimum atomic E-state index is -0.935. The summed E-state index contributed by atoms with van der Waals surface area (Å²) in [5.74, 6) is -1.87. The fourth-order valence-corrected chi connectivity index (χ4v) is 1.81. The summed E-state index contributed by atoms with van der Waals surface area (Å²) in [5.41, 5.74) is 0.352. The Morgan fingerprint density at radius 3 is 0.815 bits per heavy atom. The van der Waals surface area contributed by atoms with Crippen molar-refractivity contribution in [3.8, 4) is 0 Å². The first-order valence-corrected chi connectivity index (χ1v) is 9.70. The van der Waals surface area contributed by atoms with Gasteiger partial charge >= 0.3 is 11.9 Å². The van der Waals surface area contributed by atoms with Gasteiger partial charge < -0.3 is 20.4 Å². The third-order valence-electron chi connectivity index (χ3n) is 3.55. The molecule has 4 N–H and O–H groups in total. The lowest BCUT2D eigenvalue weighted by atomic mass is 10.1. The second-order valence-corrected chi connectivity index (χ2v) is 6.51. The Hall–Kier alpha value is -1.66. The van der Waals surface area contributed by atoms with Crippen LogP contribution < -0.4 is 0 Å². The molecule has 0 aromatic carbocycles. The molecule has 0 aliphatic rings. The first kappa shape index (κ1) is 30.1. The van der Waals surface area contributed by atoms with Crippen molar-refractivity contribution >= 4 is 11.9 Å². The molecule has 0 amide bonds. The van der Waals surface area contributed by atoms with Gasteiger partial charge in [0.25, 0.3) is 0 Å². The normalized spacial score (nSPS) is 9.33. The van der Waals surface area contributed by atoms with Gasteiger partial charge in [-0.05, 0) is 26.7 Å². The Labute approximate surface area is 164 Å². The molecule has 0 aliphatic heterocycles. The number of carboxylic acid groups (broad SMARTS) is 2. The average molecular weight is 389 g/mol. The van der Waals surface area contributed by atoms with Crippen molar-refractivity contribution in [1.29, 1.82) is 0 Å². The van der Waals surface area contributed by atoms with Crippen molar-refractivity contribution in [2.45, 2.75) is 84.5 Å². The maximum atomic E-state index is 9.60. The van der Waals surface area contributed by atoms with E-state index in [0.29, 0.717) is 13.2 Å². The lowest BCUT2D eigenvalue weighted by molar-refractivity contribution is -0.133. The molecule has 0 saturated heterocycles. The summed E-state index contributed by atoms with van der Waals surface area (Å²) >= 11 is 0. The molecule has 0 fully saturated rings. The molecule has 0 spiro atoms. The highest BCUT2D eigenvalue weighted by molar-refractivity contribution is 5.85. The lowest BCUT2D eigenvalue weighted by Gasteiger charge is -2.01. The smallest absolute Gasteiger partial charge is 0.330 e. The van der Waals surface area contributed by atoms with E-state index in [4.69, 9.17) is 20.4 Å². The molecule has 0 atom stereocenters. The predicted octanol–water partition coefficient (Wildman–Crippen LogP) is 4.56. The number of carbonyl (C=O) groups is 2. The fraction of sp³-hybridized carbons (Fsp3) is 0.714. The van der Waals surface area contributed by atoms with Gasteiger partial charge in [0.05, 0.1) is 0 Å². The Morgan fingerprint density at radius 2 is 0.704 bits per heavy atom. The highest BCUT2D eigenvalue weighted by Crippen LogP contribution is 2.10. The molecule has 0 rings (SSSR count). The average Bonchev–Trinajstić information content (AvgIpc) is 2.60. The Bertz CT molecular complexity index is 330. The van der Waals surface area contributed by atoms with Crippen LogP contribution >= 0.6 is 0 Å². The third kappa shape index (κ3) is 36.1. The number of carboxylic acids is 2. The minimum Gasteiger partial charge on any atom is -0.478 e. The Balaban J connectivity index is -0.000000394. The molecule has 0 unspecified atom stereocenters. The van der Waals surface area contributed by atoms with E-state index < -0.39 is 11.9 Å². The second-order valence-electron chi connectivity index (χ2n) is 6.51. The fourth-order valence-electron chi connectivity index (χ4n) is 1.81. The Kier molecular flexibility index (Phi) is 27.1. The number of hydrogen-bond donors (Lipinski definition) is 4. The molecule has 0 heterocycles. The van der Waals surface area contributed by atoms with Crippen LogP contribution in [0.2, 0.25) is 0 Å². The zero-order valence-corrected chi connectivity index (χ0v) is 17.2. The summed E-state index contributed by atoms with van der Waals surface area (Å²) in [7, 11) is 0. The molecule has 6 nitrogen and oxygen atoms in total. The van der Waals surface area contributed by atoms with Crippen molar-refractivity contribution < 1.29 is 30.0 Å². The van der Waals surface area contributed by atoms with Crippen molar-refractivity contribution in [2.24, 2.45) is 0 Å². The van der Waals surface area contributed by atoms with Gasteiger partial charge in [0, 0.05) is 24.4 Å². The molecule has 6 heteroatoms. The number of aliphatic carboxylic acids is 2. The molecule has 0 saturated carbocycles. The van der Waals surface area contributed by atoms with Gasteiger partial charge in [0.2, 0.25) is 0 Å². The quantitative estimate of drug-likeness (QED) is 0.256. The van der Waals surface area contributed by atoms with Crippen LogP contribution in [0.3, 0.4) is 0 Å². The molecule has 160 valence electrons. The van der Waals surface area contributed by atoms with Crippen LogP contribution in [0.5, 0.6) is 0 Å². The van der Waals surface area contributed by atoms with Crippen molar-refractivity contribution in [3.05, 3.63) is 24.3 Å². The van der Waals surface area contributed by atoms with Crippen LogP contribution in [0.25, 0.3) is 0 Å². The van der Waals surface area contributed by atoms with Crippen LogP contribution in [0.15, 0.2) is 24.3 Å². The summed E-state index contributed by atoms with van der Waals surface area (Å²) in [6.45, 7) is 9.91. The highest BCUT2D eigenvalue weighted by Gasteiger charge is 1.93. The Morgan fingerprint density at radius 1 is 0.556 bits per heavy atom.